The number of benzene rings is 1. The van der Waals surface area contributed by atoms with Crippen molar-refractivity contribution in [1.29, 1.82) is 0 Å². The third kappa shape index (κ3) is 6.76. The van der Waals surface area contributed by atoms with E-state index in [0.29, 0.717) is 30.4 Å². The number of alkyl halides is 3. The minimum Gasteiger partial charge on any atom is -0.370 e. The van der Waals surface area contributed by atoms with E-state index in [1.54, 1.807) is 6.07 Å². The van der Waals surface area contributed by atoms with Crippen LogP contribution in [0, 0.1) is 0 Å². The molecule has 1 atom stereocenters. The Hall–Kier alpha value is -2.77. The molecule has 1 aliphatic rings. The van der Waals surface area contributed by atoms with E-state index >= 15 is 0 Å². The van der Waals surface area contributed by atoms with E-state index in [0.717, 1.165) is 48.4 Å². The Morgan fingerprint density at radius 2 is 1.84 bits per heavy atom. The van der Waals surface area contributed by atoms with Crippen LogP contribution in [0.25, 0.3) is 0 Å². The minimum absolute atomic E-state index is 0.0289. The molecule has 0 aliphatic carbocycles. The molecule has 0 saturated carbocycles. The highest BCUT2D eigenvalue weighted by atomic mass is 19.4. The Morgan fingerprint density at radius 3 is 2.54 bits per heavy atom. The van der Waals surface area contributed by atoms with Crippen molar-refractivity contribution in [1.82, 2.24) is 14.8 Å². The Kier molecular flexibility index (Phi) is 8.05. The lowest BCUT2D eigenvalue weighted by molar-refractivity contribution is -0.214. The Labute approximate surface area is 219 Å². The molecule has 2 aromatic heterocycles. The number of pyridine rings is 1. The summed E-state index contributed by atoms with van der Waals surface area (Å²) in [7, 11) is 6.19. The molecule has 3 heterocycles. The summed E-state index contributed by atoms with van der Waals surface area (Å²) in [6.07, 6.45) is 0.206. The number of hydrogen-bond acceptors (Lipinski definition) is 3. The topological polar surface area (TPSA) is 42.7 Å². The molecule has 1 N–H and O–H groups in total. The summed E-state index contributed by atoms with van der Waals surface area (Å²) in [6, 6.07) is 11.7. The van der Waals surface area contributed by atoms with Gasteiger partial charge in [-0.05, 0) is 85.1 Å². The fraction of sp³-hybridized carbons (Fsp3) is 0.517. The van der Waals surface area contributed by atoms with Crippen LogP contribution >= 0.6 is 0 Å². The van der Waals surface area contributed by atoms with Crippen LogP contribution in [0.5, 0.6) is 0 Å². The molecule has 0 fully saturated rings. The summed E-state index contributed by atoms with van der Waals surface area (Å²) >= 11 is 0. The van der Waals surface area contributed by atoms with Gasteiger partial charge in [-0.2, -0.15) is 9.78 Å². The van der Waals surface area contributed by atoms with Crippen LogP contribution in [-0.2, 0) is 37.4 Å². The van der Waals surface area contributed by atoms with Gasteiger partial charge in [0.15, 0.2) is 0 Å². The van der Waals surface area contributed by atoms with Crippen molar-refractivity contribution in [3.8, 4) is 0 Å². The van der Waals surface area contributed by atoms with Crippen molar-refractivity contribution in [2.24, 2.45) is 0 Å². The quantitative estimate of drug-likeness (QED) is 0.373. The van der Waals surface area contributed by atoms with E-state index in [4.69, 9.17) is 7.85 Å². The lowest BCUT2D eigenvalue weighted by atomic mass is 9.79. The molecule has 0 saturated heterocycles. The minimum atomic E-state index is -4.56. The van der Waals surface area contributed by atoms with Crippen LogP contribution in [0.15, 0.2) is 36.4 Å². The SMILES string of the molecule is [B]c1cc(C(CC)Cc2cc(CCCc3ccc4c(n3)NCCC4)n(C(F)(F)F)n2)cc(C(C)(C)C)c1. The number of aryl methyl sites for hydroxylation is 3. The fourth-order valence-corrected chi connectivity index (χ4v) is 5.03. The maximum atomic E-state index is 13.8. The van der Waals surface area contributed by atoms with E-state index < -0.39 is 6.30 Å². The first-order valence-corrected chi connectivity index (χ1v) is 13.2. The van der Waals surface area contributed by atoms with Crippen LogP contribution in [0.4, 0.5) is 19.0 Å². The van der Waals surface area contributed by atoms with Gasteiger partial charge >= 0.3 is 6.30 Å². The molecule has 0 bridgehead atoms. The van der Waals surface area contributed by atoms with Gasteiger partial charge in [0.25, 0.3) is 0 Å². The molecular weight excluding hydrogens is 472 g/mol. The standard InChI is InChI=1S/C29H36BF3N4/c1-5-19(21-14-22(28(2,3)4)17-23(30)15-21)16-25-18-26(37(36-25)29(31,32)33)10-6-9-24-12-11-20-8-7-13-34-27(20)35-24/h11-12,14-15,17-19H,5-10,13,16H2,1-4H3,(H,34,35). The Morgan fingerprint density at radius 1 is 1.05 bits per heavy atom. The van der Waals surface area contributed by atoms with Crippen LogP contribution in [0.1, 0.15) is 86.6 Å². The molecular formula is C29H36BF3N4. The lowest BCUT2D eigenvalue weighted by Gasteiger charge is -2.23. The summed E-state index contributed by atoms with van der Waals surface area (Å²) in [6.45, 7) is 9.33. The smallest absolute Gasteiger partial charge is 0.370 e. The van der Waals surface area contributed by atoms with Crippen molar-refractivity contribution >= 4 is 19.1 Å². The van der Waals surface area contributed by atoms with Gasteiger partial charge in [-0.25, -0.2) is 4.98 Å². The molecule has 4 nitrogen and oxygen atoms in total. The van der Waals surface area contributed by atoms with Gasteiger partial charge in [0.05, 0.1) is 5.69 Å². The van der Waals surface area contributed by atoms with Gasteiger partial charge in [0.2, 0.25) is 0 Å². The molecule has 2 radical (unpaired) electrons. The zero-order chi connectivity index (χ0) is 26.8. The average Bonchev–Trinajstić information content (AvgIpc) is 3.25. The maximum absolute atomic E-state index is 13.8. The number of halogens is 3. The highest BCUT2D eigenvalue weighted by Gasteiger charge is 2.35. The van der Waals surface area contributed by atoms with E-state index in [2.05, 4.69) is 48.3 Å². The second kappa shape index (κ2) is 10.9. The number of hydrogen-bond donors (Lipinski definition) is 1. The molecule has 1 aromatic carbocycles. The van der Waals surface area contributed by atoms with Gasteiger partial charge in [-0.15, -0.1) is 13.2 Å². The van der Waals surface area contributed by atoms with Crippen LogP contribution in [0.2, 0.25) is 0 Å². The largest absolute Gasteiger partial charge is 0.504 e. The predicted molar refractivity (Wildman–Crippen MR) is 144 cm³/mol. The van der Waals surface area contributed by atoms with Gasteiger partial charge in [0, 0.05) is 17.9 Å². The zero-order valence-corrected chi connectivity index (χ0v) is 22.3. The molecule has 196 valence electrons. The third-order valence-electron chi connectivity index (χ3n) is 7.15. The number of aromatic nitrogens is 3. The third-order valence-corrected chi connectivity index (χ3v) is 7.15. The van der Waals surface area contributed by atoms with Crippen LogP contribution in [0.3, 0.4) is 0 Å². The number of nitrogens with zero attached hydrogens (tertiary/aromatic N) is 3. The first-order valence-electron chi connectivity index (χ1n) is 13.2. The van der Waals surface area contributed by atoms with E-state index in [9.17, 15) is 13.2 Å². The maximum Gasteiger partial charge on any atom is 0.504 e. The van der Waals surface area contributed by atoms with Crippen molar-refractivity contribution in [3.05, 3.63) is 70.2 Å². The predicted octanol–water partition coefficient (Wildman–Crippen LogP) is 6.12. The van der Waals surface area contributed by atoms with Gasteiger partial charge in [0.1, 0.15) is 13.7 Å². The van der Waals surface area contributed by atoms with Crippen molar-refractivity contribution in [2.75, 3.05) is 11.9 Å². The van der Waals surface area contributed by atoms with E-state index in [1.807, 2.05) is 25.1 Å². The number of fused-ring (bicyclic) bond motifs is 1. The van der Waals surface area contributed by atoms with Crippen molar-refractivity contribution in [3.63, 3.8) is 0 Å². The molecule has 8 heteroatoms. The lowest BCUT2D eigenvalue weighted by Crippen LogP contribution is -2.21. The Bertz CT molecular complexity index is 1230. The van der Waals surface area contributed by atoms with Gasteiger partial charge in [-0.3, -0.25) is 0 Å². The summed E-state index contributed by atoms with van der Waals surface area (Å²) in [5.41, 5.74) is 5.51. The monoisotopic (exact) mass is 508 g/mol. The fourth-order valence-electron chi connectivity index (χ4n) is 5.03. The molecule has 3 aromatic rings. The summed E-state index contributed by atoms with van der Waals surface area (Å²) in [5.74, 6) is 0.939. The normalized spacial score (nSPS) is 14.8. The van der Waals surface area contributed by atoms with Gasteiger partial charge < -0.3 is 5.32 Å². The molecule has 0 amide bonds. The summed E-state index contributed by atoms with van der Waals surface area (Å²) < 4.78 is 41.8. The number of nitrogens with one attached hydrogen (secondary N) is 1. The second-order valence-corrected chi connectivity index (χ2v) is 11.1. The first kappa shape index (κ1) is 27.3. The van der Waals surface area contributed by atoms with E-state index in [1.165, 1.54) is 5.56 Å². The van der Waals surface area contributed by atoms with Crippen molar-refractivity contribution in [2.45, 2.75) is 90.3 Å². The summed E-state index contributed by atoms with van der Waals surface area (Å²) in [4.78, 5) is 4.67. The zero-order valence-electron chi connectivity index (χ0n) is 22.3. The molecule has 4 rings (SSSR count). The van der Waals surface area contributed by atoms with Gasteiger partial charge in [-0.1, -0.05) is 57.4 Å². The summed E-state index contributed by atoms with van der Waals surface area (Å²) in [5, 5.41) is 7.32. The number of rotatable bonds is 8. The highest BCUT2D eigenvalue weighted by Crippen LogP contribution is 2.31. The molecule has 1 unspecified atom stereocenters. The molecule has 1 aliphatic heterocycles. The van der Waals surface area contributed by atoms with E-state index in [-0.39, 0.29) is 28.1 Å². The van der Waals surface area contributed by atoms with Crippen LogP contribution in [-0.4, -0.2) is 29.2 Å². The molecule has 0 spiro atoms. The highest BCUT2D eigenvalue weighted by molar-refractivity contribution is 6.32. The first-order chi connectivity index (χ1) is 17.4. The average molecular weight is 508 g/mol. The van der Waals surface area contributed by atoms with Crippen LogP contribution < -0.4 is 10.8 Å². The van der Waals surface area contributed by atoms with Crippen molar-refractivity contribution < 1.29 is 13.2 Å². The molecule has 37 heavy (non-hydrogen) atoms. The second-order valence-electron chi connectivity index (χ2n) is 11.1. The number of anilines is 1. The Balaban J connectivity index is 1.50.